The van der Waals surface area contributed by atoms with Crippen molar-refractivity contribution in [1.29, 1.82) is 5.26 Å². The lowest BCUT2D eigenvalue weighted by Crippen LogP contribution is -2.33. The van der Waals surface area contributed by atoms with Gasteiger partial charge in [0.1, 0.15) is 18.2 Å². The van der Waals surface area contributed by atoms with Gasteiger partial charge in [0.15, 0.2) is 5.75 Å². The molecule has 0 atom stereocenters. The fourth-order valence-electron chi connectivity index (χ4n) is 3.19. The molecule has 0 aliphatic heterocycles. The minimum absolute atomic E-state index is 0.0624. The maximum Gasteiger partial charge on any atom is 0.262 e. The maximum absolute atomic E-state index is 12.4. The molecule has 0 bridgehead atoms. The van der Waals surface area contributed by atoms with Crippen molar-refractivity contribution in [2.75, 3.05) is 0 Å². The topological polar surface area (TPSA) is 62.1 Å². The van der Waals surface area contributed by atoms with E-state index >= 15 is 0 Å². The van der Waals surface area contributed by atoms with Crippen LogP contribution in [0, 0.1) is 14.9 Å². The lowest BCUT2D eigenvalue weighted by atomic mass is 10.1. The first-order valence-electron chi connectivity index (χ1n) is 9.25. The van der Waals surface area contributed by atoms with Crippen LogP contribution >= 0.6 is 50.1 Å². The highest BCUT2D eigenvalue weighted by molar-refractivity contribution is 14.1. The van der Waals surface area contributed by atoms with Crippen molar-refractivity contribution in [2.45, 2.75) is 38.3 Å². The molecular weight excluding hydrogens is 567 g/mol. The normalized spacial score (nSPS) is 14.5. The Balaban J connectivity index is 1.73. The van der Waals surface area contributed by atoms with Gasteiger partial charge in [-0.3, -0.25) is 4.79 Å². The predicted molar refractivity (Wildman–Crippen MR) is 127 cm³/mol. The van der Waals surface area contributed by atoms with Gasteiger partial charge in [-0.1, -0.05) is 36.6 Å². The second-order valence-electron chi connectivity index (χ2n) is 6.85. The van der Waals surface area contributed by atoms with Gasteiger partial charge in [-0.2, -0.15) is 5.26 Å². The Morgan fingerprint density at radius 3 is 2.62 bits per heavy atom. The van der Waals surface area contributed by atoms with Crippen molar-refractivity contribution >= 4 is 62.1 Å². The number of hydrogen-bond acceptors (Lipinski definition) is 3. The van der Waals surface area contributed by atoms with Crippen LogP contribution in [0.4, 0.5) is 0 Å². The molecule has 4 nitrogen and oxygen atoms in total. The molecule has 3 rings (SSSR count). The molecule has 1 saturated carbocycles. The first-order valence-corrected chi connectivity index (χ1v) is 11.5. The van der Waals surface area contributed by atoms with E-state index in [1.165, 1.54) is 0 Å². The number of carbonyl (C=O) groups is 1. The van der Waals surface area contributed by atoms with Crippen LogP contribution in [0.2, 0.25) is 5.02 Å². The zero-order valence-corrected chi connectivity index (χ0v) is 20.1. The fraction of sp³-hybridized carbons (Fsp3) is 0.273. The summed E-state index contributed by atoms with van der Waals surface area (Å²) in [5.41, 5.74) is 1.75. The standard InChI is InChI=1S/C22H19BrClIN2O2/c23-19-10-15(9-16(12-26)22(28)27-18-3-1-2-4-18)11-20(24)21(19)29-13-14-5-7-17(25)8-6-14/h5-11,18H,1-4,13H2,(H,27,28)/b16-9-. The van der Waals surface area contributed by atoms with Crippen LogP contribution in [0.3, 0.4) is 0 Å². The van der Waals surface area contributed by atoms with Crippen molar-refractivity contribution in [3.8, 4) is 11.8 Å². The van der Waals surface area contributed by atoms with Crippen LogP contribution in [0.25, 0.3) is 6.08 Å². The SMILES string of the molecule is N#C/C(=C/c1cc(Cl)c(OCc2ccc(I)cc2)c(Br)c1)C(=O)NC1CCCC1. The van der Waals surface area contributed by atoms with Gasteiger partial charge in [0.25, 0.3) is 5.91 Å². The quantitative estimate of drug-likeness (QED) is 0.248. The Bertz CT molecular complexity index is 941. The number of rotatable bonds is 6. The van der Waals surface area contributed by atoms with E-state index in [2.05, 4.69) is 43.8 Å². The van der Waals surface area contributed by atoms with E-state index in [0.717, 1.165) is 34.8 Å². The molecule has 0 aromatic heterocycles. The Morgan fingerprint density at radius 1 is 1.31 bits per heavy atom. The summed E-state index contributed by atoms with van der Waals surface area (Å²) in [4.78, 5) is 12.4. The van der Waals surface area contributed by atoms with Gasteiger partial charge < -0.3 is 10.1 Å². The number of nitrogens with zero attached hydrogens (tertiary/aromatic N) is 1. The molecule has 7 heteroatoms. The molecule has 0 spiro atoms. The number of ether oxygens (including phenoxy) is 1. The second kappa shape index (κ2) is 10.5. The van der Waals surface area contributed by atoms with Gasteiger partial charge in [-0.25, -0.2) is 0 Å². The van der Waals surface area contributed by atoms with E-state index in [-0.39, 0.29) is 17.5 Å². The van der Waals surface area contributed by atoms with Gasteiger partial charge in [0.05, 0.1) is 9.50 Å². The van der Waals surface area contributed by atoms with Crippen LogP contribution in [0.5, 0.6) is 5.75 Å². The number of hydrogen-bond donors (Lipinski definition) is 1. The van der Waals surface area contributed by atoms with Crippen molar-refractivity contribution < 1.29 is 9.53 Å². The van der Waals surface area contributed by atoms with Crippen LogP contribution in [0.1, 0.15) is 36.8 Å². The molecule has 1 amide bonds. The van der Waals surface area contributed by atoms with Crippen LogP contribution in [0.15, 0.2) is 46.4 Å². The Morgan fingerprint density at radius 2 is 2.00 bits per heavy atom. The van der Waals surface area contributed by atoms with E-state index in [9.17, 15) is 10.1 Å². The zero-order valence-electron chi connectivity index (χ0n) is 15.6. The molecule has 1 aliphatic carbocycles. The lowest BCUT2D eigenvalue weighted by molar-refractivity contribution is -0.117. The van der Waals surface area contributed by atoms with Gasteiger partial charge in [0, 0.05) is 9.61 Å². The van der Waals surface area contributed by atoms with E-state index in [1.54, 1.807) is 18.2 Å². The molecular formula is C22H19BrClIN2O2. The molecule has 1 N–H and O–H groups in total. The van der Waals surface area contributed by atoms with E-state index < -0.39 is 0 Å². The summed E-state index contributed by atoms with van der Waals surface area (Å²) in [6.07, 6.45) is 5.71. The average Bonchev–Trinajstić information content (AvgIpc) is 3.19. The molecule has 0 unspecified atom stereocenters. The minimum atomic E-state index is -0.342. The highest BCUT2D eigenvalue weighted by Gasteiger charge is 2.19. The summed E-state index contributed by atoms with van der Waals surface area (Å²) in [5, 5.41) is 12.7. The third-order valence-corrected chi connectivity index (χ3v) is 6.27. The number of halogens is 3. The third kappa shape index (κ3) is 6.21. The largest absolute Gasteiger partial charge is 0.486 e. The Kier molecular flexibility index (Phi) is 7.99. The molecule has 2 aromatic rings. The highest BCUT2D eigenvalue weighted by atomic mass is 127. The molecule has 2 aromatic carbocycles. The van der Waals surface area contributed by atoms with E-state index in [0.29, 0.717) is 27.4 Å². The summed E-state index contributed by atoms with van der Waals surface area (Å²) in [7, 11) is 0. The van der Waals surface area contributed by atoms with Crippen LogP contribution < -0.4 is 10.1 Å². The van der Waals surface area contributed by atoms with Crippen molar-refractivity contribution in [1.82, 2.24) is 5.32 Å². The van der Waals surface area contributed by atoms with Gasteiger partial charge in [0.2, 0.25) is 0 Å². The van der Waals surface area contributed by atoms with Crippen molar-refractivity contribution in [3.05, 3.63) is 66.2 Å². The van der Waals surface area contributed by atoms with E-state index in [4.69, 9.17) is 16.3 Å². The highest BCUT2D eigenvalue weighted by Crippen LogP contribution is 2.35. The van der Waals surface area contributed by atoms with E-state index in [1.807, 2.05) is 30.3 Å². The van der Waals surface area contributed by atoms with Gasteiger partial charge >= 0.3 is 0 Å². The first-order chi connectivity index (χ1) is 14.0. The zero-order chi connectivity index (χ0) is 20.8. The lowest BCUT2D eigenvalue weighted by Gasteiger charge is -2.12. The monoisotopic (exact) mass is 584 g/mol. The summed E-state index contributed by atoms with van der Waals surface area (Å²) in [5.74, 6) is 0.182. The molecule has 0 heterocycles. The summed E-state index contributed by atoms with van der Waals surface area (Å²) in [6.45, 7) is 0.387. The molecule has 0 radical (unpaired) electrons. The number of nitrogens with one attached hydrogen (secondary N) is 1. The smallest absolute Gasteiger partial charge is 0.262 e. The van der Waals surface area contributed by atoms with Crippen LogP contribution in [-0.2, 0) is 11.4 Å². The Hall–Kier alpha value is -1.56. The number of nitriles is 1. The number of benzene rings is 2. The molecule has 29 heavy (non-hydrogen) atoms. The number of carbonyl (C=O) groups excluding carboxylic acids is 1. The molecule has 150 valence electrons. The Labute approximate surface area is 197 Å². The third-order valence-electron chi connectivity index (χ3n) is 4.68. The summed E-state index contributed by atoms with van der Waals surface area (Å²) < 4.78 is 7.69. The maximum atomic E-state index is 12.4. The molecule has 1 fully saturated rings. The molecule has 0 saturated heterocycles. The first kappa shape index (κ1) is 22.1. The van der Waals surface area contributed by atoms with Crippen molar-refractivity contribution in [3.63, 3.8) is 0 Å². The minimum Gasteiger partial charge on any atom is -0.486 e. The number of amides is 1. The average molecular weight is 586 g/mol. The molecule has 1 aliphatic rings. The fourth-order valence-corrected chi connectivity index (χ4v) is 4.53. The van der Waals surface area contributed by atoms with Gasteiger partial charge in [-0.05, 0) is 92.8 Å². The second-order valence-corrected chi connectivity index (χ2v) is 9.36. The van der Waals surface area contributed by atoms with Crippen LogP contribution in [-0.4, -0.2) is 11.9 Å². The summed E-state index contributed by atoms with van der Waals surface area (Å²) in [6, 6.07) is 13.7. The van der Waals surface area contributed by atoms with Gasteiger partial charge in [-0.15, -0.1) is 0 Å². The summed E-state index contributed by atoms with van der Waals surface area (Å²) >= 11 is 12.1. The van der Waals surface area contributed by atoms with Crippen molar-refractivity contribution in [2.24, 2.45) is 0 Å². The predicted octanol–water partition coefficient (Wildman–Crippen LogP) is 6.25.